The zero-order valence-corrected chi connectivity index (χ0v) is 10.1. The van der Waals surface area contributed by atoms with Gasteiger partial charge >= 0.3 is 0 Å². The molecule has 1 aromatic rings. The molecule has 2 rings (SSSR count). The van der Waals surface area contributed by atoms with Crippen LogP contribution < -0.4 is 9.47 Å². The van der Waals surface area contributed by atoms with Crippen LogP contribution in [0.25, 0.3) is 0 Å². The third-order valence-electron chi connectivity index (χ3n) is 2.68. The minimum Gasteiger partial charge on any atom is -0.474 e. The number of hydrogen-bond donors (Lipinski definition) is 0. The van der Waals surface area contributed by atoms with Gasteiger partial charge in [-0.15, -0.1) is 5.92 Å². The van der Waals surface area contributed by atoms with Crippen LogP contribution in [0.15, 0.2) is 12.4 Å². The smallest absolute Gasteiger partial charge is 0.221 e. The molecule has 1 fully saturated rings. The van der Waals surface area contributed by atoms with E-state index in [-0.39, 0.29) is 6.10 Å². The number of aromatic nitrogens is 2. The summed E-state index contributed by atoms with van der Waals surface area (Å²) in [6.07, 6.45) is 4.17. The second kappa shape index (κ2) is 5.53. The van der Waals surface area contributed by atoms with Crippen LogP contribution >= 0.6 is 0 Å². The minimum absolute atomic E-state index is 0.216. The molecule has 0 N–H and O–H groups in total. The number of rotatable bonds is 5. The summed E-state index contributed by atoms with van der Waals surface area (Å²) in [5.41, 5.74) is 0. The van der Waals surface area contributed by atoms with E-state index in [9.17, 15) is 0 Å². The third-order valence-corrected chi connectivity index (χ3v) is 2.68. The Morgan fingerprint density at radius 1 is 1.41 bits per heavy atom. The molecule has 1 saturated carbocycles. The van der Waals surface area contributed by atoms with Crippen molar-refractivity contribution in [3.63, 3.8) is 0 Å². The fourth-order valence-corrected chi connectivity index (χ4v) is 1.50. The van der Waals surface area contributed by atoms with Gasteiger partial charge in [0, 0.05) is 0 Å². The number of ether oxygens (including phenoxy) is 2. The molecule has 0 aromatic carbocycles. The molecule has 0 spiro atoms. The van der Waals surface area contributed by atoms with Crippen LogP contribution in [0.5, 0.6) is 11.8 Å². The van der Waals surface area contributed by atoms with Crippen LogP contribution in [0, 0.1) is 17.8 Å². The molecule has 1 aliphatic rings. The Hall–Kier alpha value is -1.76. The molecular formula is C13H16N2O2. The molecule has 4 heteroatoms. The van der Waals surface area contributed by atoms with E-state index in [1.807, 2.05) is 0 Å². The van der Waals surface area contributed by atoms with Gasteiger partial charge < -0.3 is 9.47 Å². The molecule has 1 aliphatic carbocycles. The summed E-state index contributed by atoms with van der Waals surface area (Å²) in [4.78, 5) is 8.07. The summed E-state index contributed by atoms with van der Waals surface area (Å²) in [5, 5.41) is 0. The molecule has 0 bridgehead atoms. The van der Waals surface area contributed by atoms with E-state index < -0.39 is 0 Å². The molecule has 0 saturated heterocycles. The molecule has 0 radical (unpaired) electrons. The summed E-state index contributed by atoms with van der Waals surface area (Å²) in [6, 6.07) is 1.70. The van der Waals surface area contributed by atoms with Crippen LogP contribution in [0.1, 0.15) is 26.7 Å². The van der Waals surface area contributed by atoms with Crippen LogP contribution in [0.3, 0.4) is 0 Å². The van der Waals surface area contributed by atoms with E-state index in [4.69, 9.17) is 9.47 Å². The van der Waals surface area contributed by atoms with Crippen LogP contribution in [0.2, 0.25) is 0 Å². The van der Waals surface area contributed by atoms with Crippen LogP contribution in [-0.4, -0.2) is 22.7 Å². The highest BCUT2D eigenvalue weighted by Crippen LogP contribution is 2.34. The fourth-order valence-electron chi connectivity index (χ4n) is 1.50. The van der Waals surface area contributed by atoms with E-state index in [2.05, 4.69) is 28.7 Å². The summed E-state index contributed by atoms with van der Waals surface area (Å²) in [6.45, 7) is 4.18. The Morgan fingerprint density at radius 3 is 2.88 bits per heavy atom. The van der Waals surface area contributed by atoms with E-state index in [1.54, 1.807) is 13.0 Å². The summed E-state index contributed by atoms with van der Waals surface area (Å²) in [7, 11) is 0. The first kappa shape index (κ1) is 11.7. The molecular weight excluding hydrogens is 216 g/mol. The van der Waals surface area contributed by atoms with Gasteiger partial charge in [-0.1, -0.05) is 5.92 Å². The lowest BCUT2D eigenvalue weighted by atomic mass is 10.3. The molecule has 17 heavy (non-hydrogen) atoms. The molecule has 1 atom stereocenters. The van der Waals surface area contributed by atoms with E-state index in [0.29, 0.717) is 24.3 Å². The summed E-state index contributed by atoms with van der Waals surface area (Å²) in [5.74, 6) is 7.32. The van der Waals surface area contributed by atoms with Gasteiger partial charge in [-0.2, -0.15) is 0 Å². The second-order valence-electron chi connectivity index (χ2n) is 4.07. The number of nitrogens with zero attached hydrogens (tertiary/aromatic N) is 2. The lowest BCUT2D eigenvalue weighted by Crippen LogP contribution is -2.14. The lowest BCUT2D eigenvalue weighted by molar-refractivity contribution is 0.188. The quantitative estimate of drug-likeness (QED) is 0.729. The SMILES string of the molecule is CC#CCOc1cc(OC(C)C2CC2)ncn1. The normalized spacial score (nSPS) is 15.6. The highest BCUT2D eigenvalue weighted by atomic mass is 16.5. The van der Waals surface area contributed by atoms with Crippen molar-refractivity contribution in [2.75, 3.05) is 6.61 Å². The van der Waals surface area contributed by atoms with Gasteiger partial charge in [0.15, 0.2) is 6.61 Å². The second-order valence-corrected chi connectivity index (χ2v) is 4.07. The average molecular weight is 232 g/mol. The lowest BCUT2D eigenvalue weighted by Gasteiger charge is -2.12. The zero-order chi connectivity index (χ0) is 12.1. The molecule has 1 aromatic heterocycles. The molecule has 0 aliphatic heterocycles. The molecule has 0 amide bonds. The van der Waals surface area contributed by atoms with Crippen molar-refractivity contribution < 1.29 is 9.47 Å². The molecule has 1 unspecified atom stereocenters. The van der Waals surface area contributed by atoms with Gasteiger partial charge in [0.1, 0.15) is 12.4 Å². The topological polar surface area (TPSA) is 44.2 Å². The average Bonchev–Trinajstić information content (AvgIpc) is 3.14. The number of hydrogen-bond acceptors (Lipinski definition) is 4. The predicted molar refractivity (Wildman–Crippen MR) is 63.8 cm³/mol. The van der Waals surface area contributed by atoms with Crippen LogP contribution in [0.4, 0.5) is 0 Å². The monoisotopic (exact) mass is 232 g/mol. The highest BCUT2D eigenvalue weighted by Gasteiger charge is 2.29. The summed E-state index contributed by atoms with van der Waals surface area (Å²) < 4.78 is 11.1. The van der Waals surface area contributed by atoms with Crippen molar-refractivity contribution in [3.05, 3.63) is 12.4 Å². The van der Waals surface area contributed by atoms with E-state index in [1.165, 1.54) is 19.2 Å². The van der Waals surface area contributed by atoms with E-state index in [0.717, 1.165) is 0 Å². The fraction of sp³-hybridized carbons (Fsp3) is 0.538. The van der Waals surface area contributed by atoms with Gasteiger partial charge in [-0.25, -0.2) is 9.97 Å². The van der Waals surface area contributed by atoms with Gasteiger partial charge in [0.2, 0.25) is 11.8 Å². The zero-order valence-electron chi connectivity index (χ0n) is 10.1. The molecule has 4 nitrogen and oxygen atoms in total. The van der Waals surface area contributed by atoms with Crippen molar-refractivity contribution in [1.29, 1.82) is 0 Å². The van der Waals surface area contributed by atoms with Crippen molar-refractivity contribution in [2.45, 2.75) is 32.8 Å². The maximum absolute atomic E-state index is 5.72. The van der Waals surface area contributed by atoms with Crippen molar-refractivity contribution in [1.82, 2.24) is 9.97 Å². The third kappa shape index (κ3) is 3.63. The largest absolute Gasteiger partial charge is 0.474 e. The maximum atomic E-state index is 5.72. The van der Waals surface area contributed by atoms with Gasteiger partial charge in [0.05, 0.1) is 6.07 Å². The first-order chi connectivity index (χ1) is 8.29. The van der Waals surface area contributed by atoms with Crippen molar-refractivity contribution in [3.8, 4) is 23.6 Å². The Labute approximate surface area is 101 Å². The molecule has 1 heterocycles. The van der Waals surface area contributed by atoms with Crippen LogP contribution in [-0.2, 0) is 0 Å². The van der Waals surface area contributed by atoms with Gasteiger partial charge in [-0.05, 0) is 32.6 Å². The Balaban J connectivity index is 1.92. The Kier molecular flexibility index (Phi) is 3.81. The van der Waals surface area contributed by atoms with E-state index >= 15 is 0 Å². The first-order valence-electron chi connectivity index (χ1n) is 5.80. The first-order valence-corrected chi connectivity index (χ1v) is 5.80. The standard InChI is InChI=1S/C13H16N2O2/c1-3-4-7-16-12-8-13(15-9-14-12)17-10(2)11-5-6-11/h8-11H,5-7H2,1-2H3. The minimum atomic E-state index is 0.216. The van der Waals surface area contributed by atoms with Crippen molar-refractivity contribution in [2.24, 2.45) is 5.92 Å². The Morgan fingerprint density at radius 2 is 2.18 bits per heavy atom. The maximum Gasteiger partial charge on any atom is 0.221 e. The highest BCUT2D eigenvalue weighted by molar-refractivity contribution is 5.19. The summed E-state index contributed by atoms with van der Waals surface area (Å²) >= 11 is 0. The van der Waals surface area contributed by atoms with Gasteiger partial charge in [-0.3, -0.25) is 0 Å². The Bertz CT molecular complexity index is 433. The van der Waals surface area contributed by atoms with Crippen molar-refractivity contribution >= 4 is 0 Å². The molecule has 90 valence electrons. The van der Waals surface area contributed by atoms with Gasteiger partial charge in [0.25, 0.3) is 0 Å². The predicted octanol–water partition coefficient (Wildman–Crippen LogP) is 2.06.